The average molecular weight is 751 g/mol. The molecule has 4 aliphatic rings. The number of nitrogens with zero attached hydrogens (tertiary/aromatic N) is 2. The number of urea groups is 1. The van der Waals surface area contributed by atoms with E-state index in [1.807, 2.05) is 62.3 Å². The van der Waals surface area contributed by atoms with Gasteiger partial charge in [0, 0.05) is 24.7 Å². The Hall–Kier alpha value is -2.74. The Kier molecular flexibility index (Phi) is 13.2. The summed E-state index contributed by atoms with van der Waals surface area (Å²) in [6.45, 7) is 17.5. The quantitative estimate of drug-likeness (QED) is 0.184. The van der Waals surface area contributed by atoms with Crippen LogP contribution in [0.4, 0.5) is 4.79 Å². The molecule has 4 fully saturated rings. The van der Waals surface area contributed by atoms with Crippen LogP contribution in [0.15, 0.2) is 0 Å². The molecule has 13 nitrogen and oxygen atoms in total. The van der Waals surface area contributed by atoms with Crippen LogP contribution in [-0.4, -0.2) is 101 Å². The monoisotopic (exact) mass is 750 g/mol. The van der Waals surface area contributed by atoms with Crippen molar-refractivity contribution in [3.63, 3.8) is 0 Å². The average Bonchev–Trinajstić information content (AvgIpc) is 3.96. The fraction of sp³-hybridized carbons (Fsp3) is 0.868. The van der Waals surface area contributed by atoms with E-state index in [9.17, 15) is 32.4 Å². The van der Waals surface area contributed by atoms with Crippen molar-refractivity contribution in [2.45, 2.75) is 168 Å². The summed E-state index contributed by atoms with van der Waals surface area (Å²) >= 11 is 0. The minimum atomic E-state index is -3.76. The van der Waals surface area contributed by atoms with Gasteiger partial charge in [0.2, 0.25) is 27.6 Å². The fourth-order valence-electron chi connectivity index (χ4n) is 8.19. The number of nitrogens with one attached hydrogen (secondary N) is 4. The third-order valence-electron chi connectivity index (χ3n) is 11.3. The molecule has 5 amide bonds. The highest BCUT2D eigenvalue weighted by molar-refractivity contribution is 7.89. The van der Waals surface area contributed by atoms with Crippen molar-refractivity contribution >= 4 is 39.6 Å². The summed E-state index contributed by atoms with van der Waals surface area (Å²) in [5.74, 6) is -2.36. The predicted molar refractivity (Wildman–Crippen MR) is 201 cm³/mol. The van der Waals surface area contributed by atoms with Crippen molar-refractivity contribution < 1.29 is 32.4 Å². The molecule has 296 valence electrons. The molecule has 0 spiro atoms. The van der Waals surface area contributed by atoms with Crippen LogP contribution in [-0.2, 0) is 29.2 Å². The van der Waals surface area contributed by atoms with Crippen LogP contribution in [0.2, 0.25) is 0 Å². The predicted octanol–water partition coefficient (Wildman–Crippen LogP) is 3.86. The van der Waals surface area contributed by atoms with Crippen LogP contribution in [0.25, 0.3) is 0 Å². The zero-order chi connectivity index (χ0) is 38.8. The number of sulfonamides is 1. The number of carbonyl (C=O) groups is 5. The topological polar surface area (TPSA) is 174 Å². The second-order valence-electron chi connectivity index (χ2n) is 18.4. The van der Waals surface area contributed by atoms with Gasteiger partial charge in [0.15, 0.2) is 0 Å². The van der Waals surface area contributed by atoms with Gasteiger partial charge in [-0.3, -0.25) is 19.2 Å². The van der Waals surface area contributed by atoms with E-state index < -0.39 is 74.2 Å². The van der Waals surface area contributed by atoms with Gasteiger partial charge in [-0.05, 0) is 82.5 Å². The largest absolute Gasteiger partial charge is 0.347 e. The lowest BCUT2D eigenvalue weighted by Gasteiger charge is -2.42. The van der Waals surface area contributed by atoms with Crippen molar-refractivity contribution in [3.8, 4) is 0 Å². The smallest absolute Gasteiger partial charge is 0.315 e. The van der Waals surface area contributed by atoms with Crippen LogP contribution < -0.4 is 21.3 Å². The SMILES string of the molecule is CCN(C(C)(C)C)S(=O)(=O)CC1(NC(=O)N[C@H](C(=O)N2CC[C@H](C(C)C)[C@H]2C(=O)N[C@@H](CC2CC2)C(=O)C(=O)NC2CC2)C(C)(C)C)CCCCC1. The highest BCUT2D eigenvalue weighted by Gasteiger charge is 2.49. The Morgan fingerprint density at radius 2 is 1.50 bits per heavy atom. The van der Waals surface area contributed by atoms with Gasteiger partial charge in [-0.1, -0.05) is 73.6 Å². The first-order valence-electron chi connectivity index (χ1n) is 19.6. The van der Waals surface area contributed by atoms with Crippen LogP contribution in [0.1, 0.15) is 133 Å². The van der Waals surface area contributed by atoms with E-state index in [4.69, 9.17) is 0 Å². The number of amides is 5. The minimum absolute atomic E-state index is 0.00735. The molecule has 0 aromatic heterocycles. The van der Waals surface area contributed by atoms with Crippen molar-refractivity contribution in [3.05, 3.63) is 0 Å². The Morgan fingerprint density at radius 1 is 0.885 bits per heavy atom. The molecule has 4 N–H and O–H groups in total. The highest BCUT2D eigenvalue weighted by atomic mass is 32.2. The molecule has 52 heavy (non-hydrogen) atoms. The van der Waals surface area contributed by atoms with Gasteiger partial charge in [0.1, 0.15) is 12.1 Å². The molecule has 0 bridgehead atoms. The lowest BCUT2D eigenvalue weighted by molar-refractivity contribution is -0.145. The molecule has 14 heteroatoms. The van der Waals surface area contributed by atoms with Crippen LogP contribution in [0.3, 0.4) is 0 Å². The van der Waals surface area contributed by atoms with Crippen molar-refractivity contribution in [1.82, 2.24) is 30.5 Å². The zero-order valence-corrected chi connectivity index (χ0v) is 33.9. The van der Waals surface area contributed by atoms with E-state index in [-0.39, 0.29) is 29.5 Å². The number of likely N-dealkylation sites (tertiary alicyclic amines) is 1. The second-order valence-corrected chi connectivity index (χ2v) is 20.2. The van der Waals surface area contributed by atoms with Gasteiger partial charge in [0.05, 0.1) is 17.3 Å². The van der Waals surface area contributed by atoms with Crippen LogP contribution in [0, 0.1) is 23.2 Å². The van der Waals surface area contributed by atoms with Crippen molar-refractivity contribution in [2.24, 2.45) is 23.2 Å². The summed E-state index contributed by atoms with van der Waals surface area (Å²) in [7, 11) is -3.76. The number of hydrogen-bond acceptors (Lipinski definition) is 7. The lowest BCUT2D eigenvalue weighted by atomic mass is 9.83. The number of rotatable bonds is 15. The van der Waals surface area contributed by atoms with Crippen LogP contribution in [0.5, 0.6) is 0 Å². The maximum Gasteiger partial charge on any atom is 0.315 e. The molecular formula is C38H66N6O7S. The van der Waals surface area contributed by atoms with Crippen molar-refractivity contribution in [2.75, 3.05) is 18.8 Å². The number of carbonyl (C=O) groups excluding carboxylic acids is 5. The van der Waals surface area contributed by atoms with E-state index in [2.05, 4.69) is 21.3 Å². The van der Waals surface area contributed by atoms with Gasteiger partial charge in [-0.15, -0.1) is 0 Å². The van der Waals surface area contributed by atoms with Gasteiger partial charge in [-0.2, -0.15) is 4.31 Å². The normalized spacial score (nSPS) is 23.6. The Labute approximate surface area is 312 Å². The third kappa shape index (κ3) is 10.7. The van der Waals surface area contributed by atoms with E-state index in [0.717, 1.165) is 44.9 Å². The zero-order valence-electron chi connectivity index (χ0n) is 33.1. The van der Waals surface area contributed by atoms with E-state index in [0.29, 0.717) is 38.8 Å². The Balaban J connectivity index is 1.55. The van der Waals surface area contributed by atoms with Crippen LogP contribution >= 0.6 is 0 Å². The summed E-state index contributed by atoms with van der Waals surface area (Å²) in [4.78, 5) is 70.2. The molecule has 0 unspecified atom stereocenters. The molecule has 1 saturated heterocycles. The second kappa shape index (κ2) is 16.3. The van der Waals surface area contributed by atoms with Gasteiger partial charge >= 0.3 is 6.03 Å². The third-order valence-corrected chi connectivity index (χ3v) is 13.7. The maximum absolute atomic E-state index is 14.6. The van der Waals surface area contributed by atoms with Gasteiger partial charge in [0.25, 0.3) is 5.91 Å². The molecule has 1 aliphatic heterocycles. The maximum atomic E-state index is 14.6. The molecule has 3 aliphatic carbocycles. The summed E-state index contributed by atoms with van der Waals surface area (Å²) in [6, 6.07) is -3.53. The van der Waals surface area contributed by atoms with E-state index >= 15 is 0 Å². The summed E-state index contributed by atoms with van der Waals surface area (Å²) in [5, 5.41) is 11.6. The first-order chi connectivity index (χ1) is 24.1. The molecule has 1 heterocycles. The lowest BCUT2D eigenvalue weighted by Crippen LogP contribution is -2.64. The number of Topliss-reactive ketones (excluding diaryl/α,β-unsaturated/α-hetero) is 1. The fourth-order valence-corrected chi connectivity index (χ4v) is 10.6. The van der Waals surface area contributed by atoms with Gasteiger partial charge < -0.3 is 26.2 Å². The number of ketones is 1. The number of hydrogen-bond donors (Lipinski definition) is 4. The van der Waals surface area contributed by atoms with E-state index in [1.165, 1.54) is 9.21 Å². The highest BCUT2D eigenvalue weighted by Crippen LogP contribution is 2.36. The molecule has 4 rings (SSSR count). The molecular weight excluding hydrogens is 685 g/mol. The molecule has 4 atom stereocenters. The Morgan fingerprint density at radius 3 is 2.00 bits per heavy atom. The summed E-state index contributed by atoms with van der Waals surface area (Å²) < 4.78 is 29.1. The standard InChI is InChI=1S/C38H66N6O7S/c1-10-44(37(7,8)9)52(50,51)23-38(19-12-11-13-20-38)42-35(49)41-31(36(4,5)6)34(48)43-21-18-27(24(2)3)29(43)32(46)40-28(22-25-14-15-25)30(45)33(47)39-26-16-17-26/h24-29,31H,10-23H2,1-9H3,(H,39,47)(H,40,46)(H2,41,42,49)/t27-,28+,29+,31-/m1/s1. The first-order valence-corrected chi connectivity index (χ1v) is 21.2. The summed E-state index contributed by atoms with van der Waals surface area (Å²) in [5.41, 5.74) is -2.40. The molecule has 3 saturated carbocycles. The summed E-state index contributed by atoms with van der Waals surface area (Å²) in [6.07, 6.45) is 7.98. The minimum Gasteiger partial charge on any atom is -0.347 e. The molecule has 0 aromatic rings. The first kappa shape index (κ1) is 42.0. The van der Waals surface area contributed by atoms with Gasteiger partial charge in [-0.25, -0.2) is 13.2 Å². The van der Waals surface area contributed by atoms with Crippen molar-refractivity contribution in [1.29, 1.82) is 0 Å². The Bertz CT molecular complexity index is 1440. The molecule has 0 aromatic carbocycles. The molecule has 0 radical (unpaired) electrons. The van der Waals surface area contributed by atoms with E-state index in [1.54, 1.807) is 0 Å².